The lowest BCUT2D eigenvalue weighted by atomic mass is 10.1. The molecule has 33 heavy (non-hydrogen) atoms. The molecule has 0 aliphatic carbocycles. The van der Waals surface area contributed by atoms with Crippen LogP contribution in [-0.4, -0.2) is 33.2 Å². The second-order valence-corrected chi connectivity index (χ2v) is 6.90. The van der Waals surface area contributed by atoms with Gasteiger partial charge in [-0.15, -0.1) is 10.2 Å². The van der Waals surface area contributed by atoms with Crippen LogP contribution >= 0.6 is 11.6 Å². The van der Waals surface area contributed by atoms with Gasteiger partial charge in [0, 0.05) is 5.02 Å². The Balaban J connectivity index is 1.64. The van der Waals surface area contributed by atoms with E-state index in [0.29, 0.717) is 39.2 Å². The number of anilines is 1. The Morgan fingerprint density at radius 2 is 1.52 bits per heavy atom. The molecular formula is C23H20ClN3O6. The van der Waals surface area contributed by atoms with Crippen molar-refractivity contribution in [1.82, 2.24) is 0 Å². The largest absolute Gasteiger partial charge is 0.493 e. The second-order valence-electron chi connectivity index (χ2n) is 6.47. The number of halogens is 1. The zero-order valence-corrected chi connectivity index (χ0v) is 18.8. The van der Waals surface area contributed by atoms with Crippen molar-refractivity contribution >= 4 is 34.9 Å². The van der Waals surface area contributed by atoms with Crippen LogP contribution in [0.2, 0.25) is 5.02 Å². The Bertz CT molecular complexity index is 1160. The Morgan fingerprint density at radius 3 is 2.09 bits per heavy atom. The quantitative estimate of drug-likeness (QED) is 0.344. The summed E-state index contributed by atoms with van der Waals surface area (Å²) in [6.45, 7) is 0. The topological polar surface area (TPSA) is 108 Å². The number of carbonyl (C=O) groups excluding carboxylic acids is 2. The van der Waals surface area contributed by atoms with Gasteiger partial charge in [0.05, 0.1) is 43.8 Å². The molecule has 170 valence electrons. The van der Waals surface area contributed by atoms with Gasteiger partial charge in [0.15, 0.2) is 11.5 Å². The Morgan fingerprint density at radius 1 is 0.848 bits per heavy atom. The predicted octanol–water partition coefficient (Wildman–Crippen LogP) is 5.47. The van der Waals surface area contributed by atoms with Crippen molar-refractivity contribution in [3.8, 4) is 17.2 Å². The number of nitrogens with zero attached hydrogens (tertiary/aromatic N) is 2. The number of azo groups is 1. The third-order valence-electron chi connectivity index (χ3n) is 4.36. The smallest absolute Gasteiger partial charge is 0.362 e. The number of hydrogen-bond acceptors (Lipinski definition) is 8. The van der Waals surface area contributed by atoms with Gasteiger partial charge in [-0.3, -0.25) is 4.79 Å². The number of carbonyl (C=O) groups is 2. The highest BCUT2D eigenvalue weighted by Crippen LogP contribution is 2.38. The maximum absolute atomic E-state index is 12.5. The van der Waals surface area contributed by atoms with Crippen LogP contribution in [0.1, 0.15) is 20.7 Å². The first-order valence-electron chi connectivity index (χ1n) is 9.54. The van der Waals surface area contributed by atoms with E-state index in [4.69, 9.17) is 30.6 Å². The molecule has 0 heterocycles. The van der Waals surface area contributed by atoms with Crippen molar-refractivity contribution in [3.05, 3.63) is 76.8 Å². The summed E-state index contributed by atoms with van der Waals surface area (Å²) >= 11 is 5.87. The fourth-order valence-electron chi connectivity index (χ4n) is 2.74. The van der Waals surface area contributed by atoms with Crippen LogP contribution in [0.3, 0.4) is 0 Å². The summed E-state index contributed by atoms with van der Waals surface area (Å²) in [5, 5.41) is 8.11. The van der Waals surface area contributed by atoms with Crippen LogP contribution < -0.4 is 19.7 Å². The lowest BCUT2D eigenvalue weighted by molar-refractivity contribution is 0.0596. The SMILES string of the molecule is COc1cc(C(=O)N=Nc2ccc(NOC(=O)c3cccc(Cl)c3)cc2)cc(OC)c1OC. The van der Waals surface area contributed by atoms with Gasteiger partial charge in [0.1, 0.15) is 0 Å². The van der Waals surface area contributed by atoms with Gasteiger partial charge < -0.3 is 19.0 Å². The first-order valence-corrected chi connectivity index (χ1v) is 9.92. The van der Waals surface area contributed by atoms with Crippen LogP contribution in [0, 0.1) is 0 Å². The van der Waals surface area contributed by atoms with E-state index in [-0.39, 0.29) is 5.56 Å². The number of ether oxygens (including phenoxy) is 3. The summed E-state index contributed by atoms with van der Waals surface area (Å²) in [4.78, 5) is 29.5. The average molecular weight is 470 g/mol. The standard InChI is InChI=1S/C23H20ClN3O6/c1-30-19-12-15(13-20(31-2)21(19)32-3)22(28)26-25-17-7-9-18(10-8-17)27-33-23(29)14-5-4-6-16(24)11-14/h4-13,27H,1-3H3. The van der Waals surface area contributed by atoms with Crippen LogP contribution in [0.4, 0.5) is 11.4 Å². The predicted molar refractivity (Wildman–Crippen MR) is 122 cm³/mol. The van der Waals surface area contributed by atoms with E-state index in [1.165, 1.54) is 39.5 Å². The molecule has 0 bridgehead atoms. The molecule has 1 amide bonds. The minimum atomic E-state index is -0.591. The van der Waals surface area contributed by atoms with Crippen LogP contribution in [0.15, 0.2) is 70.9 Å². The number of amides is 1. The molecule has 0 aliphatic rings. The third-order valence-corrected chi connectivity index (χ3v) is 4.59. The van der Waals surface area contributed by atoms with Crippen molar-refractivity contribution in [3.63, 3.8) is 0 Å². The minimum absolute atomic E-state index is 0.222. The summed E-state index contributed by atoms with van der Waals surface area (Å²) in [7, 11) is 4.38. The molecule has 0 saturated heterocycles. The molecule has 0 fully saturated rings. The molecule has 0 radical (unpaired) electrons. The van der Waals surface area contributed by atoms with Gasteiger partial charge in [-0.1, -0.05) is 17.7 Å². The molecule has 0 aliphatic heterocycles. The molecule has 0 aromatic heterocycles. The van der Waals surface area contributed by atoms with Gasteiger partial charge in [0.25, 0.3) is 5.91 Å². The number of nitrogens with one attached hydrogen (secondary N) is 1. The second kappa shape index (κ2) is 11.0. The maximum Gasteiger partial charge on any atom is 0.362 e. The van der Waals surface area contributed by atoms with E-state index >= 15 is 0 Å². The Hall–Kier alpha value is -4.11. The van der Waals surface area contributed by atoms with E-state index < -0.39 is 11.9 Å². The number of hydrogen-bond donors (Lipinski definition) is 1. The van der Waals surface area contributed by atoms with E-state index in [1.54, 1.807) is 42.5 Å². The first kappa shape index (κ1) is 23.6. The van der Waals surface area contributed by atoms with E-state index in [0.717, 1.165) is 0 Å². The average Bonchev–Trinajstić information content (AvgIpc) is 2.85. The number of benzene rings is 3. The van der Waals surface area contributed by atoms with Gasteiger partial charge in [-0.2, -0.15) is 0 Å². The zero-order chi connectivity index (χ0) is 23.8. The molecule has 0 spiro atoms. The molecule has 3 aromatic carbocycles. The minimum Gasteiger partial charge on any atom is -0.493 e. The molecule has 0 saturated carbocycles. The van der Waals surface area contributed by atoms with Gasteiger partial charge in [0.2, 0.25) is 5.75 Å². The molecule has 3 aromatic rings. The Labute approximate surface area is 194 Å². The molecular weight excluding hydrogens is 450 g/mol. The molecule has 1 N–H and O–H groups in total. The van der Waals surface area contributed by atoms with Crippen molar-refractivity contribution in [1.29, 1.82) is 0 Å². The maximum atomic E-state index is 12.5. The van der Waals surface area contributed by atoms with Crippen molar-refractivity contribution in [2.75, 3.05) is 26.8 Å². The van der Waals surface area contributed by atoms with Crippen LogP contribution in [-0.2, 0) is 4.84 Å². The number of rotatable bonds is 8. The van der Waals surface area contributed by atoms with Gasteiger partial charge in [-0.05, 0) is 54.6 Å². The van der Waals surface area contributed by atoms with Crippen LogP contribution in [0.25, 0.3) is 0 Å². The van der Waals surface area contributed by atoms with Gasteiger partial charge in [-0.25, -0.2) is 10.3 Å². The molecule has 0 unspecified atom stereocenters. The summed E-state index contributed by atoms with van der Waals surface area (Å²) in [6, 6.07) is 15.8. The fourth-order valence-corrected chi connectivity index (χ4v) is 2.93. The van der Waals surface area contributed by atoms with Crippen molar-refractivity contribution in [2.45, 2.75) is 0 Å². The summed E-state index contributed by atoms with van der Waals surface area (Å²) in [5.41, 5.74) is 4.00. The van der Waals surface area contributed by atoms with E-state index in [1.807, 2.05) is 0 Å². The van der Waals surface area contributed by atoms with Crippen molar-refractivity contribution < 1.29 is 28.6 Å². The van der Waals surface area contributed by atoms with Gasteiger partial charge >= 0.3 is 5.97 Å². The van der Waals surface area contributed by atoms with E-state index in [9.17, 15) is 9.59 Å². The zero-order valence-electron chi connectivity index (χ0n) is 18.0. The molecule has 0 atom stereocenters. The normalized spacial score (nSPS) is 10.5. The lowest BCUT2D eigenvalue weighted by Crippen LogP contribution is -2.10. The highest BCUT2D eigenvalue weighted by Gasteiger charge is 2.17. The van der Waals surface area contributed by atoms with Crippen molar-refractivity contribution in [2.24, 2.45) is 10.2 Å². The fraction of sp³-hybridized carbons (Fsp3) is 0.130. The molecule has 10 heteroatoms. The monoisotopic (exact) mass is 469 g/mol. The molecule has 9 nitrogen and oxygen atoms in total. The summed E-state index contributed by atoms with van der Waals surface area (Å²) < 4.78 is 15.7. The Kier molecular flexibility index (Phi) is 7.82. The highest BCUT2D eigenvalue weighted by atomic mass is 35.5. The summed E-state index contributed by atoms with van der Waals surface area (Å²) in [5.74, 6) is -0.145. The first-order chi connectivity index (χ1) is 15.9. The van der Waals surface area contributed by atoms with E-state index in [2.05, 4.69) is 15.7 Å². The lowest BCUT2D eigenvalue weighted by Gasteiger charge is -2.12. The summed E-state index contributed by atoms with van der Waals surface area (Å²) in [6.07, 6.45) is 0. The third kappa shape index (κ3) is 5.98. The number of methoxy groups -OCH3 is 3. The highest BCUT2D eigenvalue weighted by molar-refractivity contribution is 6.30. The molecule has 3 rings (SSSR count). The van der Waals surface area contributed by atoms with Crippen LogP contribution in [0.5, 0.6) is 17.2 Å².